The maximum Gasteiger partial charge on any atom is 0.472 e. The van der Waals surface area contributed by atoms with Crippen molar-refractivity contribution in [3.05, 3.63) is 0 Å². The molecule has 0 aromatic rings. The van der Waals surface area contributed by atoms with Gasteiger partial charge in [-0.25, -0.2) is 9.13 Å². The standard InChI is InChI=1S/C83H162O17P2/c1-6-9-12-15-18-21-23-25-27-29-31-32-34-36-38-43-48-53-58-63-68-82(87)100-79(73-94-81(86)67-62-57-52-47-42-37-35-33-30-28-26-24-22-19-16-13-10-7-2)75-98-102(91,92)96-71-77(84)70-95-101(89,90)97-74-78(72-93-80(85)66-61-56-51-45-20-17-14-11-8-3)99-83(88)69-64-59-54-49-44-40-39-41-46-50-55-60-65-76(4)5/h76-79,84H,6-75H2,1-5H3,(H,89,90)(H,91,92)/t77-,78+,79+/m0/s1. The van der Waals surface area contributed by atoms with Crippen LogP contribution >= 0.6 is 15.6 Å². The van der Waals surface area contributed by atoms with E-state index in [0.29, 0.717) is 25.7 Å². The van der Waals surface area contributed by atoms with Crippen LogP contribution in [-0.4, -0.2) is 96.7 Å². The van der Waals surface area contributed by atoms with E-state index in [-0.39, 0.29) is 25.7 Å². The van der Waals surface area contributed by atoms with Gasteiger partial charge in [-0.3, -0.25) is 37.3 Å². The third-order valence-corrected chi connectivity index (χ3v) is 21.4. The lowest BCUT2D eigenvalue weighted by molar-refractivity contribution is -0.161. The number of phosphoric acid groups is 2. The fourth-order valence-corrected chi connectivity index (χ4v) is 14.5. The van der Waals surface area contributed by atoms with Crippen LogP contribution in [0, 0.1) is 5.92 Å². The van der Waals surface area contributed by atoms with Crippen molar-refractivity contribution in [2.75, 3.05) is 39.6 Å². The van der Waals surface area contributed by atoms with Crippen molar-refractivity contribution < 1.29 is 80.2 Å². The minimum atomic E-state index is -4.96. The second-order valence-corrected chi connectivity index (χ2v) is 33.3. The van der Waals surface area contributed by atoms with Crippen LogP contribution < -0.4 is 0 Å². The molecule has 0 fully saturated rings. The summed E-state index contributed by atoms with van der Waals surface area (Å²) in [7, 11) is -9.92. The number of carbonyl (C=O) groups is 4. The summed E-state index contributed by atoms with van der Waals surface area (Å²) in [5, 5.41) is 10.6. The summed E-state index contributed by atoms with van der Waals surface area (Å²) in [6.07, 6.45) is 68.1. The molecule has 0 aromatic carbocycles. The monoisotopic (exact) mass is 1490 g/mol. The Morgan fingerprint density at radius 3 is 0.667 bits per heavy atom. The summed E-state index contributed by atoms with van der Waals surface area (Å²) in [6, 6.07) is 0. The van der Waals surface area contributed by atoms with Gasteiger partial charge in [0, 0.05) is 25.7 Å². The van der Waals surface area contributed by atoms with Gasteiger partial charge >= 0.3 is 39.5 Å². The smallest absolute Gasteiger partial charge is 0.462 e. The molecular formula is C83H162O17P2. The SMILES string of the molecule is CCCCCCCCCCCCCCCCCCCCCCC(=O)O[C@H](COC(=O)CCCCCCCCCCCCCCCCCCCC)COP(=O)(O)OC[C@@H](O)COP(=O)(O)OC[C@@H](COC(=O)CCCCCCCCCCC)OC(=O)CCCCCCCCCCCCCCC(C)C. The van der Waals surface area contributed by atoms with Crippen LogP contribution in [0.5, 0.6) is 0 Å². The van der Waals surface area contributed by atoms with Crippen LogP contribution in [0.1, 0.15) is 446 Å². The van der Waals surface area contributed by atoms with E-state index in [0.717, 1.165) is 95.8 Å². The van der Waals surface area contributed by atoms with Crippen LogP contribution in [0.4, 0.5) is 0 Å². The predicted molar refractivity (Wildman–Crippen MR) is 418 cm³/mol. The number of ether oxygens (including phenoxy) is 4. The van der Waals surface area contributed by atoms with Crippen LogP contribution in [0.2, 0.25) is 0 Å². The molecule has 606 valence electrons. The van der Waals surface area contributed by atoms with Crippen molar-refractivity contribution >= 4 is 39.5 Å². The van der Waals surface area contributed by atoms with Gasteiger partial charge in [-0.2, -0.15) is 0 Å². The maximum atomic E-state index is 13.1. The predicted octanol–water partition coefficient (Wildman–Crippen LogP) is 25.2. The van der Waals surface area contributed by atoms with E-state index < -0.39 is 97.5 Å². The first-order valence-corrected chi connectivity index (χ1v) is 46.1. The Labute approximate surface area is 626 Å². The third-order valence-electron chi connectivity index (χ3n) is 19.5. The minimum absolute atomic E-state index is 0.107. The Kier molecular flexibility index (Phi) is 74.4. The first kappa shape index (κ1) is 100. The molecule has 3 N–H and O–H groups in total. The molecule has 0 aliphatic carbocycles. The summed E-state index contributed by atoms with van der Waals surface area (Å²) in [5.41, 5.74) is 0. The lowest BCUT2D eigenvalue weighted by Crippen LogP contribution is -2.30. The molecule has 0 spiro atoms. The lowest BCUT2D eigenvalue weighted by Gasteiger charge is -2.21. The van der Waals surface area contributed by atoms with Crippen LogP contribution in [0.15, 0.2) is 0 Å². The summed E-state index contributed by atoms with van der Waals surface area (Å²) in [4.78, 5) is 73.1. The van der Waals surface area contributed by atoms with Crippen molar-refractivity contribution in [3.8, 4) is 0 Å². The van der Waals surface area contributed by atoms with Gasteiger partial charge in [0.25, 0.3) is 0 Å². The second kappa shape index (κ2) is 75.9. The molecule has 0 amide bonds. The molecule has 0 aliphatic rings. The number of hydrogen-bond acceptors (Lipinski definition) is 15. The van der Waals surface area contributed by atoms with Crippen molar-refractivity contribution in [2.24, 2.45) is 5.92 Å². The summed E-state index contributed by atoms with van der Waals surface area (Å²) in [5.74, 6) is -1.33. The number of aliphatic hydroxyl groups is 1. The summed E-state index contributed by atoms with van der Waals surface area (Å²) >= 11 is 0. The van der Waals surface area contributed by atoms with Gasteiger partial charge in [-0.05, 0) is 31.6 Å². The molecule has 2 unspecified atom stereocenters. The van der Waals surface area contributed by atoms with Crippen molar-refractivity contribution in [3.63, 3.8) is 0 Å². The van der Waals surface area contributed by atoms with Gasteiger partial charge in [0.2, 0.25) is 0 Å². The molecule has 0 bridgehead atoms. The van der Waals surface area contributed by atoms with Gasteiger partial charge in [0.1, 0.15) is 19.3 Å². The van der Waals surface area contributed by atoms with E-state index in [1.807, 2.05) is 0 Å². The maximum absolute atomic E-state index is 13.1. The highest BCUT2D eigenvalue weighted by Gasteiger charge is 2.30. The fraction of sp³-hybridized carbons (Fsp3) is 0.952. The molecule has 0 heterocycles. The number of rotatable bonds is 83. The first-order valence-electron chi connectivity index (χ1n) is 43.1. The van der Waals surface area contributed by atoms with Gasteiger partial charge in [0.15, 0.2) is 12.2 Å². The number of phosphoric ester groups is 2. The summed E-state index contributed by atoms with van der Waals surface area (Å²) < 4.78 is 68.8. The third kappa shape index (κ3) is 76.3. The zero-order valence-corrected chi connectivity index (χ0v) is 68.5. The quantitative estimate of drug-likeness (QED) is 0.0222. The van der Waals surface area contributed by atoms with Gasteiger partial charge in [-0.1, -0.05) is 394 Å². The highest BCUT2D eigenvalue weighted by molar-refractivity contribution is 7.47. The minimum Gasteiger partial charge on any atom is -0.462 e. The Bertz CT molecular complexity index is 1940. The number of unbranched alkanes of at least 4 members (excludes halogenated alkanes) is 55. The van der Waals surface area contributed by atoms with Crippen LogP contribution in [-0.2, 0) is 65.4 Å². The average molecular weight is 1490 g/mol. The van der Waals surface area contributed by atoms with E-state index in [9.17, 15) is 43.2 Å². The molecule has 102 heavy (non-hydrogen) atoms. The van der Waals surface area contributed by atoms with Crippen LogP contribution in [0.3, 0.4) is 0 Å². The lowest BCUT2D eigenvalue weighted by atomic mass is 10.0. The Hall–Kier alpha value is -1.94. The molecule has 0 rings (SSSR count). The average Bonchev–Trinajstić information content (AvgIpc) is 0.987. The number of carbonyl (C=O) groups excluding carboxylic acids is 4. The van der Waals surface area contributed by atoms with E-state index in [4.69, 9.17) is 37.0 Å². The number of hydrogen-bond donors (Lipinski definition) is 3. The topological polar surface area (TPSA) is 237 Å². The van der Waals surface area contributed by atoms with Crippen molar-refractivity contribution in [1.82, 2.24) is 0 Å². The van der Waals surface area contributed by atoms with Crippen molar-refractivity contribution in [1.29, 1.82) is 0 Å². The fourth-order valence-electron chi connectivity index (χ4n) is 12.9. The molecule has 0 saturated heterocycles. The van der Waals surface area contributed by atoms with Crippen molar-refractivity contribution in [2.45, 2.75) is 464 Å². The van der Waals surface area contributed by atoms with E-state index >= 15 is 0 Å². The molecule has 19 heteroatoms. The Balaban J connectivity index is 5.21. The van der Waals surface area contributed by atoms with E-state index in [1.165, 1.54) is 270 Å². The highest BCUT2D eigenvalue weighted by Crippen LogP contribution is 2.45. The first-order chi connectivity index (χ1) is 49.5. The Morgan fingerprint density at radius 2 is 0.451 bits per heavy atom. The number of aliphatic hydroxyl groups excluding tert-OH is 1. The van der Waals surface area contributed by atoms with Gasteiger partial charge in [-0.15, -0.1) is 0 Å². The Morgan fingerprint density at radius 1 is 0.265 bits per heavy atom. The molecular weight excluding hydrogens is 1330 g/mol. The van der Waals surface area contributed by atoms with E-state index in [1.54, 1.807) is 0 Å². The molecule has 17 nitrogen and oxygen atoms in total. The van der Waals surface area contributed by atoms with Crippen LogP contribution in [0.25, 0.3) is 0 Å². The zero-order valence-electron chi connectivity index (χ0n) is 66.8. The molecule has 0 aromatic heterocycles. The largest absolute Gasteiger partial charge is 0.472 e. The van der Waals surface area contributed by atoms with E-state index in [2.05, 4.69) is 34.6 Å². The second-order valence-electron chi connectivity index (χ2n) is 30.3. The summed E-state index contributed by atoms with van der Waals surface area (Å²) in [6.45, 7) is 7.34. The number of esters is 4. The highest BCUT2D eigenvalue weighted by atomic mass is 31.2. The molecule has 0 aliphatic heterocycles. The molecule has 0 saturated carbocycles. The molecule has 0 radical (unpaired) electrons. The van der Waals surface area contributed by atoms with Gasteiger partial charge < -0.3 is 33.8 Å². The van der Waals surface area contributed by atoms with Gasteiger partial charge in [0.05, 0.1) is 26.4 Å². The normalized spacial score (nSPS) is 13.8. The molecule has 5 atom stereocenters. The zero-order chi connectivity index (χ0) is 74.8.